The van der Waals surface area contributed by atoms with E-state index < -0.39 is 5.54 Å². The van der Waals surface area contributed by atoms with Crippen LogP contribution in [0, 0.1) is 5.92 Å². The fraction of sp³-hybridized carbons (Fsp3) is 0.846. The molecule has 0 radical (unpaired) electrons. The Bertz CT molecular complexity index is 287. The molecule has 0 saturated carbocycles. The molecule has 0 saturated heterocycles. The second-order valence-electron chi connectivity index (χ2n) is 5.44. The summed E-state index contributed by atoms with van der Waals surface area (Å²) >= 11 is 0. The molecular formula is C13H25NO4. The number of methoxy groups -OCH3 is 1. The van der Waals surface area contributed by atoms with Crippen molar-refractivity contribution in [3.63, 3.8) is 0 Å². The number of nitrogens with zero attached hydrogens (tertiary/aromatic N) is 1. The third kappa shape index (κ3) is 5.49. The van der Waals surface area contributed by atoms with Crippen LogP contribution in [-0.2, 0) is 14.3 Å². The SMILES string of the molecule is COC(=O)CCN(C(=O)CC(C)C)C(C)(C)CO. The van der Waals surface area contributed by atoms with Gasteiger partial charge in [-0.25, -0.2) is 0 Å². The lowest BCUT2D eigenvalue weighted by Crippen LogP contribution is -2.51. The number of amides is 1. The maximum Gasteiger partial charge on any atom is 0.307 e. The Balaban J connectivity index is 4.73. The monoisotopic (exact) mass is 259 g/mol. The van der Waals surface area contributed by atoms with Crippen molar-refractivity contribution >= 4 is 11.9 Å². The molecule has 0 aliphatic heterocycles. The third-order valence-electron chi connectivity index (χ3n) is 2.77. The average molecular weight is 259 g/mol. The molecule has 1 N–H and O–H groups in total. The van der Waals surface area contributed by atoms with Crippen LogP contribution in [0.4, 0.5) is 0 Å². The van der Waals surface area contributed by atoms with E-state index in [9.17, 15) is 14.7 Å². The Morgan fingerprint density at radius 3 is 2.28 bits per heavy atom. The number of rotatable bonds is 7. The first kappa shape index (κ1) is 16.9. The van der Waals surface area contributed by atoms with Crippen molar-refractivity contribution in [3.8, 4) is 0 Å². The zero-order valence-corrected chi connectivity index (χ0v) is 12.0. The average Bonchev–Trinajstić information content (AvgIpc) is 2.27. The number of esters is 1. The molecule has 5 heteroatoms. The summed E-state index contributed by atoms with van der Waals surface area (Å²) in [5.74, 6) is -0.161. The largest absolute Gasteiger partial charge is 0.469 e. The fourth-order valence-electron chi connectivity index (χ4n) is 1.61. The smallest absolute Gasteiger partial charge is 0.307 e. The molecule has 0 rings (SSSR count). The zero-order valence-electron chi connectivity index (χ0n) is 12.0. The summed E-state index contributed by atoms with van der Waals surface area (Å²) in [4.78, 5) is 24.8. The van der Waals surface area contributed by atoms with Crippen molar-refractivity contribution in [2.75, 3.05) is 20.3 Å². The van der Waals surface area contributed by atoms with Gasteiger partial charge in [0.25, 0.3) is 0 Å². The third-order valence-corrected chi connectivity index (χ3v) is 2.77. The van der Waals surface area contributed by atoms with Crippen molar-refractivity contribution in [2.45, 2.75) is 46.1 Å². The van der Waals surface area contributed by atoms with Gasteiger partial charge in [-0.2, -0.15) is 0 Å². The maximum absolute atomic E-state index is 12.1. The molecule has 0 fully saturated rings. The van der Waals surface area contributed by atoms with Crippen LogP contribution in [0.15, 0.2) is 0 Å². The van der Waals surface area contributed by atoms with Gasteiger partial charge in [0.05, 0.1) is 25.7 Å². The van der Waals surface area contributed by atoms with E-state index in [1.54, 1.807) is 18.7 Å². The van der Waals surface area contributed by atoms with Gasteiger partial charge >= 0.3 is 5.97 Å². The van der Waals surface area contributed by atoms with Crippen molar-refractivity contribution in [2.24, 2.45) is 5.92 Å². The Morgan fingerprint density at radius 2 is 1.89 bits per heavy atom. The van der Waals surface area contributed by atoms with Crippen LogP contribution in [0.1, 0.15) is 40.5 Å². The first-order valence-electron chi connectivity index (χ1n) is 6.22. The molecule has 0 aromatic heterocycles. The van der Waals surface area contributed by atoms with Gasteiger partial charge in [-0.05, 0) is 19.8 Å². The van der Waals surface area contributed by atoms with E-state index >= 15 is 0 Å². The van der Waals surface area contributed by atoms with E-state index in [0.717, 1.165) is 0 Å². The number of hydrogen-bond donors (Lipinski definition) is 1. The molecule has 0 aromatic carbocycles. The minimum atomic E-state index is -0.667. The zero-order chi connectivity index (χ0) is 14.3. The van der Waals surface area contributed by atoms with Gasteiger partial charge in [0.2, 0.25) is 5.91 Å². The molecule has 0 bridgehead atoms. The van der Waals surface area contributed by atoms with Gasteiger partial charge in [-0.3, -0.25) is 9.59 Å². The standard InChI is InChI=1S/C13H25NO4/c1-10(2)8-11(16)14(13(3,4)9-15)7-6-12(17)18-5/h10,15H,6-9H2,1-5H3. The first-order valence-corrected chi connectivity index (χ1v) is 6.22. The van der Waals surface area contributed by atoms with E-state index in [1.807, 2.05) is 13.8 Å². The Hall–Kier alpha value is -1.10. The van der Waals surface area contributed by atoms with Crippen LogP contribution in [0.5, 0.6) is 0 Å². The van der Waals surface area contributed by atoms with Gasteiger partial charge in [0, 0.05) is 13.0 Å². The molecule has 5 nitrogen and oxygen atoms in total. The maximum atomic E-state index is 12.1. The number of hydrogen-bond acceptors (Lipinski definition) is 4. The lowest BCUT2D eigenvalue weighted by Gasteiger charge is -2.37. The van der Waals surface area contributed by atoms with Crippen molar-refractivity contribution in [3.05, 3.63) is 0 Å². The van der Waals surface area contributed by atoms with Crippen LogP contribution in [0.25, 0.3) is 0 Å². The topological polar surface area (TPSA) is 66.8 Å². The molecule has 0 aliphatic rings. The minimum Gasteiger partial charge on any atom is -0.469 e. The Kier molecular flexibility index (Phi) is 6.91. The van der Waals surface area contributed by atoms with Crippen LogP contribution in [-0.4, -0.2) is 47.7 Å². The summed E-state index contributed by atoms with van der Waals surface area (Å²) in [5.41, 5.74) is -0.667. The number of carbonyl (C=O) groups is 2. The molecule has 0 heterocycles. The second-order valence-corrected chi connectivity index (χ2v) is 5.44. The number of ether oxygens (including phenoxy) is 1. The van der Waals surface area contributed by atoms with Gasteiger partial charge in [0.15, 0.2) is 0 Å². The quantitative estimate of drug-likeness (QED) is 0.698. The second kappa shape index (κ2) is 7.36. The molecule has 0 aliphatic carbocycles. The minimum absolute atomic E-state index is 0.0482. The molecule has 1 amide bonds. The molecule has 0 aromatic rings. The molecule has 0 spiro atoms. The predicted octanol–water partition coefficient (Wildman–Crippen LogP) is 1.20. The van der Waals surface area contributed by atoms with Crippen molar-refractivity contribution in [1.29, 1.82) is 0 Å². The number of aliphatic hydroxyl groups excluding tert-OH is 1. The fourth-order valence-corrected chi connectivity index (χ4v) is 1.61. The van der Waals surface area contributed by atoms with Gasteiger partial charge in [-0.15, -0.1) is 0 Å². The summed E-state index contributed by atoms with van der Waals surface area (Å²) in [5, 5.41) is 9.36. The van der Waals surface area contributed by atoms with E-state index in [0.29, 0.717) is 6.42 Å². The summed E-state index contributed by atoms with van der Waals surface area (Å²) in [6, 6.07) is 0. The first-order chi connectivity index (χ1) is 8.24. The molecule has 18 heavy (non-hydrogen) atoms. The summed E-state index contributed by atoms with van der Waals surface area (Å²) in [7, 11) is 1.32. The Labute approximate surface area is 109 Å². The highest BCUT2D eigenvalue weighted by atomic mass is 16.5. The highest BCUT2D eigenvalue weighted by Crippen LogP contribution is 2.17. The summed E-state index contributed by atoms with van der Waals surface area (Å²) in [6.45, 7) is 7.61. The van der Waals surface area contributed by atoms with Crippen LogP contribution in [0.2, 0.25) is 0 Å². The van der Waals surface area contributed by atoms with Crippen LogP contribution >= 0.6 is 0 Å². The van der Waals surface area contributed by atoms with E-state index in [1.165, 1.54) is 7.11 Å². The number of carbonyl (C=O) groups excluding carboxylic acids is 2. The van der Waals surface area contributed by atoms with Crippen LogP contribution in [0.3, 0.4) is 0 Å². The van der Waals surface area contributed by atoms with Crippen molar-refractivity contribution in [1.82, 2.24) is 4.90 Å². The van der Waals surface area contributed by atoms with E-state index in [4.69, 9.17) is 0 Å². The molecule has 0 unspecified atom stereocenters. The molecule has 106 valence electrons. The lowest BCUT2D eigenvalue weighted by atomic mass is 10.0. The predicted molar refractivity (Wildman–Crippen MR) is 69.0 cm³/mol. The summed E-state index contributed by atoms with van der Waals surface area (Å²) < 4.78 is 4.57. The number of aliphatic hydroxyl groups is 1. The van der Waals surface area contributed by atoms with Gasteiger partial charge in [0.1, 0.15) is 0 Å². The lowest BCUT2D eigenvalue weighted by molar-refractivity contribution is -0.144. The Morgan fingerprint density at radius 1 is 1.33 bits per heavy atom. The van der Waals surface area contributed by atoms with E-state index in [-0.39, 0.29) is 37.4 Å². The van der Waals surface area contributed by atoms with Gasteiger partial charge in [-0.1, -0.05) is 13.8 Å². The van der Waals surface area contributed by atoms with Crippen LogP contribution < -0.4 is 0 Å². The molecular weight excluding hydrogens is 234 g/mol. The highest BCUT2D eigenvalue weighted by molar-refractivity contribution is 5.78. The van der Waals surface area contributed by atoms with Crippen molar-refractivity contribution < 1.29 is 19.4 Å². The normalized spacial score (nSPS) is 11.5. The van der Waals surface area contributed by atoms with E-state index in [2.05, 4.69) is 4.74 Å². The summed E-state index contributed by atoms with van der Waals surface area (Å²) in [6.07, 6.45) is 0.550. The highest BCUT2D eigenvalue weighted by Gasteiger charge is 2.30. The van der Waals surface area contributed by atoms with Gasteiger partial charge < -0.3 is 14.7 Å². The molecule has 0 atom stereocenters.